The Labute approximate surface area is 93.7 Å². The third-order valence-corrected chi connectivity index (χ3v) is 4.36. The molecule has 0 N–H and O–H groups in total. The van der Waals surface area contributed by atoms with Crippen molar-refractivity contribution in [2.45, 2.75) is 15.9 Å². The van der Waals surface area contributed by atoms with Crippen molar-refractivity contribution < 1.29 is 13.2 Å². The fourth-order valence-corrected chi connectivity index (χ4v) is 2.67. The summed E-state index contributed by atoms with van der Waals surface area (Å²) >= 11 is 1.69. The van der Waals surface area contributed by atoms with Crippen LogP contribution in [0, 0.1) is 0 Å². The smallest absolute Gasteiger partial charge is 0.175 e. The Bertz CT molecular complexity index is 432. The summed E-state index contributed by atoms with van der Waals surface area (Å²) in [6.07, 6.45) is 1.61. The number of hydrogen-bond acceptors (Lipinski definition) is 4. The molecule has 0 aliphatic carbocycles. The summed E-state index contributed by atoms with van der Waals surface area (Å²) in [6, 6.07) is 6.96. The van der Waals surface area contributed by atoms with Crippen LogP contribution in [0.15, 0.2) is 34.1 Å². The van der Waals surface area contributed by atoms with E-state index in [0.29, 0.717) is 11.0 Å². The summed E-state index contributed by atoms with van der Waals surface area (Å²) < 4.78 is 27.5. The van der Waals surface area contributed by atoms with Crippen LogP contribution in [0.4, 0.5) is 0 Å². The van der Waals surface area contributed by atoms with E-state index in [1.807, 2.05) is 12.1 Å². The van der Waals surface area contributed by atoms with Gasteiger partial charge in [-0.15, -0.1) is 11.8 Å². The van der Waals surface area contributed by atoms with Crippen molar-refractivity contribution in [2.24, 2.45) is 0 Å². The third kappa shape index (κ3) is 3.22. The van der Waals surface area contributed by atoms with Crippen molar-refractivity contribution in [1.29, 1.82) is 0 Å². The van der Waals surface area contributed by atoms with E-state index in [1.54, 1.807) is 23.9 Å². The summed E-state index contributed by atoms with van der Waals surface area (Å²) in [5, 5.41) is 0. The molecule has 1 heterocycles. The van der Waals surface area contributed by atoms with Gasteiger partial charge in [-0.05, 0) is 24.3 Å². The molecule has 1 aliphatic heterocycles. The molecule has 0 saturated carbocycles. The van der Waals surface area contributed by atoms with Crippen molar-refractivity contribution in [3.63, 3.8) is 0 Å². The van der Waals surface area contributed by atoms with E-state index in [4.69, 9.17) is 4.74 Å². The molecule has 2 rings (SSSR count). The Balaban J connectivity index is 2.02. The standard InChI is InChI=1S/C10H12O3S2/c1-15(11,12)10-4-2-9(3-5-10)14-7-8-6-13-8/h2-5,8H,6-7H2,1H3. The topological polar surface area (TPSA) is 46.7 Å². The molecule has 1 atom stereocenters. The fraction of sp³-hybridized carbons (Fsp3) is 0.400. The van der Waals surface area contributed by atoms with Gasteiger partial charge in [-0.1, -0.05) is 0 Å². The van der Waals surface area contributed by atoms with Crippen molar-refractivity contribution in [3.8, 4) is 0 Å². The van der Waals surface area contributed by atoms with Gasteiger partial charge in [-0.3, -0.25) is 0 Å². The van der Waals surface area contributed by atoms with E-state index in [1.165, 1.54) is 6.26 Å². The molecule has 1 aliphatic rings. The highest BCUT2D eigenvalue weighted by Crippen LogP contribution is 2.24. The lowest BCUT2D eigenvalue weighted by molar-refractivity contribution is 0.426. The maximum absolute atomic E-state index is 11.2. The number of epoxide rings is 1. The zero-order valence-electron chi connectivity index (χ0n) is 8.34. The van der Waals surface area contributed by atoms with Gasteiger partial charge >= 0.3 is 0 Å². The minimum atomic E-state index is -3.07. The minimum Gasteiger partial charge on any atom is -0.372 e. The molecule has 0 aromatic heterocycles. The third-order valence-electron chi connectivity index (χ3n) is 2.09. The maximum Gasteiger partial charge on any atom is 0.175 e. The molecule has 15 heavy (non-hydrogen) atoms. The van der Waals surface area contributed by atoms with E-state index in [2.05, 4.69) is 0 Å². The number of rotatable bonds is 4. The predicted octanol–water partition coefficient (Wildman–Crippen LogP) is 1.58. The Morgan fingerprint density at radius 3 is 2.47 bits per heavy atom. The van der Waals surface area contributed by atoms with Crippen molar-refractivity contribution >= 4 is 21.6 Å². The number of benzene rings is 1. The van der Waals surface area contributed by atoms with Crippen LogP contribution >= 0.6 is 11.8 Å². The SMILES string of the molecule is CS(=O)(=O)c1ccc(SCC2CO2)cc1. The molecule has 0 radical (unpaired) electrons. The zero-order chi connectivity index (χ0) is 10.9. The van der Waals surface area contributed by atoms with Gasteiger partial charge in [-0.25, -0.2) is 8.42 Å². The Hall–Kier alpha value is -0.520. The average molecular weight is 244 g/mol. The molecule has 1 saturated heterocycles. The van der Waals surface area contributed by atoms with Crippen LogP contribution in [0.5, 0.6) is 0 Å². The largest absolute Gasteiger partial charge is 0.372 e. The average Bonchev–Trinajstić information content (AvgIpc) is 2.97. The lowest BCUT2D eigenvalue weighted by atomic mass is 10.4. The van der Waals surface area contributed by atoms with Crippen LogP contribution in [-0.2, 0) is 14.6 Å². The van der Waals surface area contributed by atoms with Crippen LogP contribution in [-0.4, -0.2) is 33.1 Å². The first kappa shape index (κ1) is 11.0. The van der Waals surface area contributed by atoms with Crippen molar-refractivity contribution in [1.82, 2.24) is 0 Å². The molecule has 3 nitrogen and oxygen atoms in total. The first-order valence-corrected chi connectivity index (χ1v) is 7.48. The van der Waals surface area contributed by atoms with Crippen LogP contribution in [0.25, 0.3) is 0 Å². The molecule has 5 heteroatoms. The number of ether oxygens (including phenoxy) is 1. The summed E-state index contributed by atoms with van der Waals surface area (Å²) in [7, 11) is -3.07. The van der Waals surface area contributed by atoms with Crippen molar-refractivity contribution in [2.75, 3.05) is 18.6 Å². The Morgan fingerprint density at radius 2 is 2.00 bits per heavy atom. The molecular formula is C10H12O3S2. The van der Waals surface area contributed by atoms with E-state index in [-0.39, 0.29) is 0 Å². The van der Waals surface area contributed by atoms with Gasteiger partial charge in [0, 0.05) is 16.9 Å². The summed E-state index contributed by atoms with van der Waals surface area (Å²) in [5.41, 5.74) is 0. The van der Waals surface area contributed by atoms with Crippen LogP contribution < -0.4 is 0 Å². The van der Waals surface area contributed by atoms with Gasteiger partial charge < -0.3 is 4.74 Å². The summed E-state index contributed by atoms with van der Waals surface area (Å²) in [5.74, 6) is 0.943. The molecule has 82 valence electrons. The summed E-state index contributed by atoms with van der Waals surface area (Å²) in [6.45, 7) is 0.856. The second kappa shape index (κ2) is 4.15. The lowest BCUT2D eigenvalue weighted by Gasteiger charge is -2.01. The van der Waals surface area contributed by atoms with E-state index in [9.17, 15) is 8.42 Å². The van der Waals surface area contributed by atoms with Crippen molar-refractivity contribution in [3.05, 3.63) is 24.3 Å². The number of sulfone groups is 1. The highest BCUT2D eigenvalue weighted by Gasteiger charge is 2.22. The molecule has 1 unspecified atom stereocenters. The first-order valence-electron chi connectivity index (χ1n) is 4.60. The van der Waals surface area contributed by atoms with Gasteiger partial charge in [0.1, 0.15) is 0 Å². The number of thioether (sulfide) groups is 1. The minimum absolute atomic E-state index is 0.370. The molecule has 1 aromatic carbocycles. The highest BCUT2D eigenvalue weighted by molar-refractivity contribution is 7.99. The molecule has 1 fully saturated rings. The maximum atomic E-state index is 11.2. The van der Waals surface area contributed by atoms with E-state index >= 15 is 0 Å². The molecular weight excluding hydrogens is 232 g/mol. The Kier molecular flexibility index (Phi) is 3.04. The fourth-order valence-electron chi connectivity index (χ4n) is 1.14. The summed E-state index contributed by atoms with van der Waals surface area (Å²) in [4.78, 5) is 1.45. The molecule has 0 amide bonds. The van der Waals surface area contributed by atoms with Gasteiger partial charge in [0.2, 0.25) is 0 Å². The lowest BCUT2D eigenvalue weighted by Crippen LogP contribution is -1.96. The molecule has 0 bridgehead atoms. The van der Waals surface area contributed by atoms with E-state index in [0.717, 1.165) is 17.3 Å². The normalized spacial score (nSPS) is 20.2. The van der Waals surface area contributed by atoms with Crippen LogP contribution in [0.1, 0.15) is 0 Å². The predicted molar refractivity (Wildman–Crippen MR) is 60.0 cm³/mol. The van der Waals surface area contributed by atoms with Crippen LogP contribution in [0.3, 0.4) is 0 Å². The Morgan fingerprint density at radius 1 is 1.40 bits per heavy atom. The monoisotopic (exact) mass is 244 g/mol. The van der Waals surface area contributed by atoms with Gasteiger partial charge in [-0.2, -0.15) is 0 Å². The van der Waals surface area contributed by atoms with Gasteiger partial charge in [0.05, 0.1) is 17.6 Å². The quantitative estimate of drug-likeness (QED) is 0.596. The van der Waals surface area contributed by atoms with Gasteiger partial charge in [0.25, 0.3) is 0 Å². The zero-order valence-corrected chi connectivity index (χ0v) is 9.98. The van der Waals surface area contributed by atoms with Crippen LogP contribution in [0.2, 0.25) is 0 Å². The number of hydrogen-bond donors (Lipinski definition) is 0. The highest BCUT2D eigenvalue weighted by atomic mass is 32.2. The van der Waals surface area contributed by atoms with Gasteiger partial charge in [0.15, 0.2) is 9.84 Å². The second-order valence-electron chi connectivity index (χ2n) is 3.51. The molecule has 1 aromatic rings. The van der Waals surface area contributed by atoms with E-state index < -0.39 is 9.84 Å². The molecule has 0 spiro atoms. The second-order valence-corrected chi connectivity index (χ2v) is 6.62. The first-order chi connectivity index (χ1) is 7.05.